The molecular weight excluding hydrogens is 233 g/mol. The normalized spacial score (nSPS) is 21.0. The first-order valence-electron chi connectivity index (χ1n) is 6.03. The number of benzene rings is 1. The zero-order valence-electron chi connectivity index (χ0n) is 9.93. The minimum Gasteiger partial charge on any atom is -0.370 e. The van der Waals surface area contributed by atoms with E-state index in [4.69, 9.17) is 10.00 Å². The Kier molecular flexibility index (Phi) is 4.06. The van der Waals surface area contributed by atoms with Gasteiger partial charge in [0.15, 0.2) is 5.78 Å². The average Bonchev–Trinajstić information content (AvgIpc) is 2.42. The zero-order chi connectivity index (χ0) is 13.0. The second kappa shape index (κ2) is 5.74. The predicted molar refractivity (Wildman–Crippen MR) is 63.4 cm³/mol. The fraction of sp³-hybridized carbons (Fsp3) is 0.429. The maximum atomic E-state index is 13.6. The van der Waals surface area contributed by atoms with Crippen LogP contribution in [0.5, 0.6) is 0 Å². The van der Waals surface area contributed by atoms with Crippen LogP contribution in [0.1, 0.15) is 30.7 Å². The quantitative estimate of drug-likeness (QED) is 0.824. The predicted octanol–water partition coefficient (Wildman–Crippen LogP) is 2.57. The Hall–Kier alpha value is -1.73. The largest absolute Gasteiger partial charge is 0.370 e. The summed E-state index contributed by atoms with van der Waals surface area (Å²) >= 11 is 0. The highest BCUT2D eigenvalue weighted by Crippen LogP contribution is 2.25. The number of carbonyl (C=O) groups is 1. The summed E-state index contributed by atoms with van der Waals surface area (Å²) in [5, 5.41) is 9.11. The number of halogens is 1. The Bertz CT molecular complexity index is 475. The highest BCUT2D eigenvalue weighted by atomic mass is 19.1. The summed E-state index contributed by atoms with van der Waals surface area (Å²) in [6, 6.07) is 7.78. The molecule has 3 nitrogen and oxygen atoms in total. The molecule has 0 saturated carbocycles. The van der Waals surface area contributed by atoms with Crippen LogP contribution in [-0.2, 0) is 9.53 Å². The number of Topliss-reactive ketones (excluding diaryl/α,β-unsaturated/α-hetero) is 1. The molecule has 0 radical (unpaired) electrons. The van der Waals surface area contributed by atoms with Crippen molar-refractivity contribution in [1.29, 1.82) is 5.26 Å². The summed E-state index contributed by atoms with van der Waals surface area (Å²) in [5.74, 6) is -1.93. The van der Waals surface area contributed by atoms with Crippen LogP contribution in [0.2, 0.25) is 0 Å². The van der Waals surface area contributed by atoms with Crippen LogP contribution in [0.25, 0.3) is 0 Å². The van der Waals surface area contributed by atoms with Crippen LogP contribution < -0.4 is 0 Å². The second-order valence-electron chi connectivity index (χ2n) is 4.34. The van der Waals surface area contributed by atoms with Crippen LogP contribution >= 0.6 is 0 Å². The number of hydrogen-bond donors (Lipinski definition) is 0. The molecule has 1 saturated heterocycles. The lowest BCUT2D eigenvalue weighted by Crippen LogP contribution is -2.32. The van der Waals surface area contributed by atoms with Gasteiger partial charge in [0.2, 0.25) is 0 Å². The van der Waals surface area contributed by atoms with E-state index in [0.717, 1.165) is 12.8 Å². The van der Waals surface area contributed by atoms with Gasteiger partial charge < -0.3 is 4.74 Å². The van der Waals surface area contributed by atoms with E-state index in [1.54, 1.807) is 6.07 Å². The van der Waals surface area contributed by atoms with E-state index in [9.17, 15) is 9.18 Å². The van der Waals surface area contributed by atoms with Crippen LogP contribution in [0.15, 0.2) is 24.3 Å². The van der Waals surface area contributed by atoms with Gasteiger partial charge in [-0.3, -0.25) is 4.79 Å². The molecule has 0 aromatic heterocycles. The lowest BCUT2D eigenvalue weighted by Gasteiger charge is -2.23. The first-order chi connectivity index (χ1) is 8.74. The van der Waals surface area contributed by atoms with E-state index >= 15 is 0 Å². The summed E-state index contributed by atoms with van der Waals surface area (Å²) < 4.78 is 19.0. The highest BCUT2D eigenvalue weighted by molar-refractivity contribution is 5.92. The fourth-order valence-electron chi connectivity index (χ4n) is 2.15. The Balaban J connectivity index is 2.21. The third kappa shape index (κ3) is 2.57. The molecule has 1 aromatic rings. The van der Waals surface area contributed by atoms with Crippen molar-refractivity contribution in [2.24, 2.45) is 0 Å². The van der Waals surface area contributed by atoms with E-state index in [1.165, 1.54) is 18.2 Å². The van der Waals surface area contributed by atoms with Gasteiger partial charge >= 0.3 is 0 Å². The van der Waals surface area contributed by atoms with Crippen LogP contribution in [0.3, 0.4) is 0 Å². The molecule has 1 aliphatic rings. The van der Waals surface area contributed by atoms with Gasteiger partial charge in [-0.2, -0.15) is 5.26 Å². The monoisotopic (exact) mass is 247 g/mol. The standard InChI is InChI=1S/C14H14FNO2/c15-12-6-2-1-5-10(12)11(9-16)14(17)13-7-3-4-8-18-13/h1-2,5-6,11,13H,3-4,7-8H2. The topological polar surface area (TPSA) is 50.1 Å². The minimum atomic E-state index is -1.07. The first kappa shape index (κ1) is 12.7. The van der Waals surface area contributed by atoms with Crippen molar-refractivity contribution < 1.29 is 13.9 Å². The van der Waals surface area contributed by atoms with Crippen molar-refractivity contribution in [1.82, 2.24) is 0 Å². The highest BCUT2D eigenvalue weighted by Gasteiger charge is 2.31. The molecule has 18 heavy (non-hydrogen) atoms. The Morgan fingerprint density at radius 1 is 1.44 bits per heavy atom. The maximum Gasteiger partial charge on any atom is 0.183 e. The molecule has 1 fully saturated rings. The van der Waals surface area contributed by atoms with Gasteiger partial charge in [0.05, 0.1) is 6.07 Å². The Morgan fingerprint density at radius 3 is 2.83 bits per heavy atom. The van der Waals surface area contributed by atoms with Crippen molar-refractivity contribution in [2.45, 2.75) is 31.3 Å². The fourth-order valence-corrected chi connectivity index (χ4v) is 2.15. The molecule has 2 rings (SSSR count). The number of nitrogens with zero attached hydrogens (tertiary/aromatic N) is 1. The van der Waals surface area contributed by atoms with Crippen molar-refractivity contribution in [3.8, 4) is 6.07 Å². The van der Waals surface area contributed by atoms with Crippen molar-refractivity contribution >= 4 is 5.78 Å². The molecule has 0 amide bonds. The second-order valence-corrected chi connectivity index (χ2v) is 4.34. The molecule has 1 heterocycles. The summed E-state index contributed by atoms with van der Waals surface area (Å²) in [4.78, 5) is 12.2. The van der Waals surface area contributed by atoms with Crippen LogP contribution in [0.4, 0.5) is 4.39 Å². The third-order valence-corrected chi connectivity index (χ3v) is 3.13. The molecule has 2 atom stereocenters. The summed E-state index contributed by atoms with van der Waals surface area (Å²) in [6.07, 6.45) is 1.89. The maximum absolute atomic E-state index is 13.6. The smallest absolute Gasteiger partial charge is 0.183 e. The van der Waals surface area contributed by atoms with Crippen molar-refractivity contribution in [2.75, 3.05) is 6.61 Å². The molecule has 0 N–H and O–H groups in total. The summed E-state index contributed by atoms with van der Waals surface area (Å²) in [7, 11) is 0. The van der Waals surface area contributed by atoms with E-state index in [1.807, 2.05) is 6.07 Å². The molecule has 94 valence electrons. The van der Waals surface area contributed by atoms with E-state index in [2.05, 4.69) is 0 Å². The summed E-state index contributed by atoms with van der Waals surface area (Å²) in [6.45, 7) is 0.534. The van der Waals surface area contributed by atoms with E-state index in [0.29, 0.717) is 13.0 Å². The lowest BCUT2D eigenvalue weighted by molar-refractivity contribution is -0.133. The Labute approximate surface area is 105 Å². The summed E-state index contributed by atoms with van der Waals surface area (Å²) in [5.41, 5.74) is 0.138. The van der Waals surface area contributed by atoms with Gasteiger partial charge in [0.1, 0.15) is 17.8 Å². The average molecular weight is 247 g/mol. The lowest BCUT2D eigenvalue weighted by atomic mass is 9.90. The molecule has 0 aliphatic carbocycles. The molecular formula is C14H14FNO2. The van der Waals surface area contributed by atoms with Gasteiger partial charge in [-0.15, -0.1) is 0 Å². The third-order valence-electron chi connectivity index (χ3n) is 3.13. The molecule has 0 bridgehead atoms. The molecule has 0 spiro atoms. The van der Waals surface area contributed by atoms with Crippen molar-refractivity contribution in [3.63, 3.8) is 0 Å². The van der Waals surface area contributed by atoms with Gasteiger partial charge in [0, 0.05) is 12.2 Å². The van der Waals surface area contributed by atoms with Gasteiger partial charge in [-0.25, -0.2) is 4.39 Å². The number of hydrogen-bond acceptors (Lipinski definition) is 3. The van der Waals surface area contributed by atoms with Gasteiger partial charge in [-0.05, 0) is 25.3 Å². The molecule has 2 unspecified atom stereocenters. The minimum absolute atomic E-state index is 0.138. The van der Waals surface area contributed by atoms with Crippen molar-refractivity contribution in [3.05, 3.63) is 35.6 Å². The van der Waals surface area contributed by atoms with Gasteiger partial charge in [-0.1, -0.05) is 18.2 Å². The van der Waals surface area contributed by atoms with E-state index in [-0.39, 0.29) is 11.3 Å². The zero-order valence-corrected chi connectivity index (χ0v) is 9.93. The van der Waals surface area contributed by atoms with E-state index < -0.39 is 17.8 Å². The number of ketones is 1. The van der Waals surface area contributed by atoms with Crippen LogP contribution in [0, 0.1) is 17.1 Å². The first-order valence-corrected chi connectivity index (χ1v) is 6.03. The number of rotatable bonds is 3. The Morgan fingerprint density at radius 2 is 2.22 bits per heavy atom. The molecule has 1 aromatic carbocycles. The van der Waals surface area contributed by atoms with Crippen LogP contribution in [-0.4, -0.2) is 18.5 Å². The SMILES string of the molecule is N#CC(C(=O)C1CCCCO1)c1ccccc1F. The number of ether oxygens (including phenoxy) is 1. The molecule has 1 aliphatic heterocycles. The van der Waals surface area contributed by atoms with Gasteiger partial charge in [0.25, 0.3) is 0 Å². The number of carbonyl (C=O) groups excluding carboxylic acids is 1. The number of nitriles is 1. The molecule has 4 heteroatoms.